The first-order valence-electron chi connectivity index (χ1n) is 7.66. The maximum Gasteiger partial charge on any atom is 0.231 e. The number of nitrogens with zero attached hydrogens (tertiary/aromatic N) is 2. The molecular weight excluding hydrogens is 382 g/mol. The predicted molar refractivity (Wildman–Crippen MR) is 97.7 cm³/mol. The zero-order valence-corrected chi connectivity index (χ0v) is 15.8. The Morgan fingerprint density at radius 2 is 1.96 bits per heavy atom. The van der Waals surface area contributed by atoms with Crippen molar-refractivity contribution in [3.8, 4) is 0 Å². The third-order valence-electron chi connectivity index (χ3n) is 3.74. The summed E-state index contributed by atoms with van der Waals surface area (Å²) < 4.78 is 22.8. The quantitative estimate of drug-likeness (QED) is 0.815. The van der Waals surface area contributed by atoms with E-state index in [1.54, 1.807) is 10.3 Å². The second-order valence-corrected chi connectivity index (χ2v) is 9.85. The summed E-state index contributed by atoms with van der Waals surface area (Å²) in [5.41, 5.74) is 0.579. The van der Waals surface area contributed by atoms with Crippen LogP contribution >= 0.6 is 22.7 Å². The van der Waals surface area contributed by atoms with Gasteiger partial charge in [-0.05, 0) is 11.4 Å². The molecule has 1 aliphatic heterocycles. The van der Waals surface area contributed by atoms with Gasteiger partial charge in [-0.2, -0.15) is 0 Å². The van der Waals surface area contributed by atoms with Gasteiger partial charge in [0.2, 0.25) is 11.8 Å². The first-order valence-corrected chi connectivity index (χ1v) is 11.2. The summed E-state index contributed by atoms with van der Waals surface area (Å²) in [6.07, 6.45) is 0.408. The molecule has 25 heavy (non-hydrogen) atoms. The second kappa shape index (κ2) is 7.63. The average Bonchev–Trinajstić information content (AvgIpc) is 3.19. The molecule has 1 N–H and O–H groups in total. The Bertz CT molecular complexity index is 844. The first-order chi connectivity index (χ1) is 11.9. The summed E-state index contributed by atoms with van der Waals surface area (Å²) in [5.74, 6) is -0.257. The van der Waals surface area contributed by atoms with Gasteiger partial charge in [0, 0.05) is 23.3 Å². The number of hydrogen-bond donors (Lipinski definition) is 1. The molecule has 0 radical (unpaired) electrons. The number of hydrogen-bond acceptors (Lipinski definition) is 7. The number of thiophene rings is 1. The van der Waals surface area contributed by atoms with Crippen molar-refractivity contribution in [2.45, 2.75) is 12.8 Å². The van der Waals surface area contributed by atoms with Crippen LogP contribution in [0.5, 0.6) is 0 Å². The van der Waals surface area contributed by atoms with E-state index in [4.69, 9.17) is 0 Å². The number of amides is 2. The van der Waals surface area contributed by atoms with Gasteiger partial charge in [-0.25, -0.2) is 13.4 Å². The minimum atomic E-state index is -3.01. The molecule has 0 unspecified atom stereocenters. The number of carbonyl (C=O) groups excluding carboxylic acids is 2. The molecule has 0 atom stereocenters. The van der Waals surface area contributed by atoms with Gasteiger partial charge in [0.1, 0.15) is 0 Å². The Balaban J connectivity index is 1.51. The number of rotatable bonds is 5. The van der Waals surface area contributed by atoms with Crippen molar-refractivity contribution in [3.63, 3.8) is 0 Å². The zero-order valence-electron chi connectivity index (χ0n) is 13.3. The lowest BCUT2D eigenvalue weighted by molar-refractivity contribution is -0.130. The van der Waals surface area contributed by atoms with Gasteiger partial charge < -0.3 is 10.2 Å². The van der Waals surface area contributed by atoms with Crippen molar-refractivity contribution in [2.24, 2.45) is 0 Å². The summed E-state index contributed by atoms with van der Waals surface area (Å²) in [7, 11) is -3.01. The highest BCUT2D eigenvalue weighted by molar-refractivity contribution is 7.91. The molecule has 2 amide bonds. The maximum absolute atomic E-state index is 12.2. The van der Waals surface area contributed by atoms with E-state index >= 15 is 0 Å². The fourth-order valence-electron chi connectivity index (χ4n) is 2.41. The van der Waals surface area contributed by atoms with Crippen LogP contribution in [0.1, 0.15) is 10.6 Å². The minimum absolute atomic E-state index is 0.0137. The highest BCUT2D eigenvalue weighted by Gasteiger charge is 2.25. The Labute approximate surface area is 153 Å². The minimum Gasteiger partial charge on any atom is -0.340 e. The number of aromatic nitrogens is 1. The lowest BCUT2D eigenvalue weighted by Crippen LogP contribution is -2.44. The second-order valence-electron chi connectivity index (χ2n) is 5.66. The molecular formula is C15H17N3O4S3. The zero-order chi connectivity index (χ0) is 17.9. The SMILES string of the molecule is O=C(Cc1cccs1)Nc1nc(CC(=O)N2CCS(=O)(=O)CC2)cs1. The van der Waals surface area contributed by atoms with Crippen LogP contribution in [0.25, 0.3) is 0 Å². The van der Waals surface area contributed by atoms with Crippen molar-refractivity contribution in [1.29, 1.82) is 0 Å². The molecule has 3 rings (SSSR count). The lowest BCUT2D eigenvalue weighted by Gasteiger charge is -2.26. The maximum atomic E-state index is 12.2. The van der Waals surface area contributed by atoms with Gasteiger partial charge in [-0.3, -0.25) is 9.59 Å². The van der Waals surface area contributed by atoms with Crippen LogP contribution in [-0.4, -0.2) is 54.7 Å². The van der Waals surface area contributed by atoms with E-state index in [0.717, 1.165) is 4.88 Å². The Hall–Kier alpha value is -1.78. The first kappa shape index (κ1) is 18.0. The number of sulfone groups is 1. The molecule has 134 valence electrons. The van der Waals surface area contributed by atoms with Gasteiger partial charge in [-0.15, -0.1) is 22.7 Å². The standard InChI is InChI=1S/C15H17N3O4S3/c19-13(9-12-2-1-5-23-12)17-15-16-11(10-24-15)8-14(20)18-3-6-25(21,22)7-4-18/h1-2,5,10H,3-4,6-9H2,(H,16,17,19). The van der Waals surface area contributed by atoms with Gasteiger partial charge in [-0.1, -0.05) is 6.07 Å². The molecule has 7 nitrogen and oxygen atoms in total. The monoisotopic (exact) mass is 399 g/mol. The molecule has 1 saturated heterocycles. The van der Waals surface area contributed by atoms with Gasteiger partial charge in [0.15, 0.2) is 15.0 Å². The molecule has 1 aliphatic rings. The largest absolute Gasteiger partial charge is 0.340 e. The molecule has 3 heterocycles. The summed E-state index contributed by atoms with van der Waals surface area (Å²) in [6.45, 7) is 0.464. The predicted octanol–water partition coefficient (Wildman–Crippen LogP) is 1.19. The van der Waals surface area contributed by atoms with Gasteiger partial charge in [0.05, 0.1) is 30.0 Å². The van der Waals surface area contributed by atoms with Crippen molar-refractivity contribution in [2.75, 3.05) is 29.9 Å². The van der Waals surface area contributed by atoms with Crippen molar-refractivity contribution < 1.29 is 18.0 Å². The summed E-state index contributed by atoms with van der Waals surface area (Å²) in [5, 5.41) is 6.85. The van der Waals surface area contributed by atoms with E-state index in [-0.39, 0.29) is 42.8 Å². The Morgan fingerprint density at radius 3 is 2.64 bits per heavy atom. The third kappa shape index (κ3) is 5.10. The highest BCUT2D eigenvalue weighted by Crippen LogP contribution is 2.18. The van der Waals surface area contributed by atoms with Crippen LogP contribution < -0.4 is 5.32 Å². The molecule has 10 heteroatoms. The van der Waals surface area contributed by atoms with Gasteiger partial charge >= 0.3 is 0 Å². The molecule has 1 fully saturated rings. The fraction of sp³-hybridized carbons (Fsp3) is 0.400. The van der Waals surface area contributed by atoms with E-state index in [2.05, 4.69) is 10.3 Å². The average molecular weight is 400 g/mol. The molecule has 2 aromatic heterocycles. The molecule has 0 bridgehead atoms. The van der Waals surface area contributed by atoms with E-state index in [1.807, 2.05) is 17.5 Å². The number of thiazole rings is 1. The van der Waals surface area contributed by atoms with Crippen LogP contribution in [0.2, 0.25) is 0 Å². The van der Waals surface area contributed by atoms with E-state index in [0.29, 0.717) is 17.2 Å². The Morgan fingerprint density at radius 1 is 1.20 bits per heavy atom. The van der Waals surface area contributed by atoms with Crippen molar-refractivity contribution in [1.82, 2.24) is 9.88 Å². The summed E-state index contributed by atoms with van der Waals surface area (Å²) >= 11 is 2.79. The Kier molecular flexibility index (Phi) is 5.50. The van der Waals surface area contributed by atoms with Crippen molar-refractivity contribution in [3.05, 3.63) is 33.5 Å². The van der Waals surface area contributed by atoms with Gasteiger partial charge in [0.25, 0.3) is 0 Å². The fourth-order valence-corrected chi connectivity index (χ4v) is 5.04. The molecule has 2 aromatic rings. The van der Waals surface area contributed by atoms with E-state index in [1.165, 1.54) is 22.7 Å². The van der Waals surface area contributed by atoms with E-state index in [9.17, 15) is 18.0 Å². The van der Waals surface area contributed by atoms with Crippen LogP contribution in [0.15, 0.2) is 22.9 Å². The lowest BCUT2D eigenvalue weighted by atomic mass is 10.3. The van der Waals surface area contributed by atoms with Crippen LogP contribution in [-0.2, 0) is 32.3 Å². The van der Waals surface area contributed by atoms with Crippen LogP contribution in [0, 0.1) is 0 Å². The van der Waals surface area contributed by atoms with E-state index < -0.39 is 9.84 Å². The molecule has 0 spiro atoms. The third-order valence-corrected chi connectivity index (χ3v) is 7.03. The topological polar surface area (TPSA) is 96.4 Å². The molecule has 0 saturated carbocycles. The molecule has 0 aliphatic carbocycles. The number of carbonyl (C=O) groups is 2. The highest BCUT2D eigenvalue weighted by atomic mass is 32.2. The molecule has 0 aromatic carbocycles. The summed E-state index contributed by atoms with van der Waals surface area (Å²) in [6, 6.07) is 3.79. The normalized spacial score (nSPS) is 16.6. The summed E-state index contributed by atoms with van der Waals surface area (Å²) in [4.78, 5) is 31.0. The smallest absolute Gasteiger partial charge is 0.231 e. The number of nitrogens with one attached hydrogen (secondary N) is 1. The van der Waals surface area contributed by atoms with Crippen LogP contribution in [0.4, 0.5) is 5.13 Å². The number of anilines is 1. The van der Waals surface area contributed by atoms with Crippen molar-refractivity contribution >= 4 is 49.5 Å². The van der Waals surface area contributed by atoms with Crippen LogP contribution in [0.3, 0.4) is 0 Å².